The van der Waals surface area contributed by atoms with E-state index in [1.807, 2.05) is 6.07 Å². The molecule has 0 spiro atoms. The SMILES string of the molecule is CCOC(=O)c1ccc(CNC2CC2)o1. The number of rotatable bonds is 5. The summed E-state index contributed by atoms with van der Waals surface area (Å²) in [6, 6.07) is 4.10. The van der Waals surface area contributed by atoms with Gasteiger partial charge in [0.05, 0.1) is 13.2 Å². The van der Waals surface area contributed by atoms with Crippen LogP contribution in [0.15, 0.2) is 16.5 Å². The van der Waals surface area contributed by atoms with Crippen LogP contribution in [0.1, 0.15) is 36.1 Å². The standard InChI is InChI=1S/C11H15NO3/c1-2-14-11(13)10-6-5-9(15-10)7-12-8-3-4-8/h5-6,8,12H,2-4,7H2,1H3. The first kappa shape index (κ1) is 10.2. The van der Waals surface area contributed by atoms with Gasteiger partial charge in [0.25, 0.3) is 0 Å². The molecule has 1 aliphatic rings. The monoisotopic (exact) mass is 209 g/mol. The number of furan rings is 1. The van der Waals surface area contributed by atoms with E-state index in [2.05, 4.69) is 5.32 Å². The van der Waals surface area contributed by atoms with E-state index >= 15 is 0 Å². The van der Waals surface area contributed by atoms with Gasteiger partial charge >= 0.3 is 5.97 Å². The van der Waals surface area contributed by atoms with E-state index in [1.54, 1.807) is 13.0 Å². The normalized spacial score (nSPS) is 15.3. The molecule has 82 valence electrons. The zero-order chi connectivity index (χ0) is 10.7. The predicted octanol–water partition coefficient (Wildman–Crippen LogP) is 1.71. The van der Waals surface area contributed by atoms with Crippen molar-refractivity contribution in [2.45, 2.75) is 32.4 Å². The summed E-state index contributed by atoms with van der Waals surface area (Å²) in [6.45, 7) is 2.83. The number of hydrogen-bond donors (Lipinski definition) is 1. The highest BCUT2D eigenvalue weighted by atomic mass is 16.5. The molecule has 4 nitrogen and oxygen atoms in total. The lowest BCUT2D eigenvalue weighted by Crippen LogP contribution is -2.14. The number of carbonyl (C=O) groups is 1. The van der Waals surface area contributed by atoms with Gasteiger partial charge < -0.3 is 14.5 Å². The number of esters is 1. The maximum absolute atomic E-state index is 11.3. The van der Waals surface area contributed by atoms with Crippen LogP contribution < -0.4 is 5.32 Å². The minimum absolute atomic E-state index is 0.282. The Morgan fingerprint density at radius 3 is 3.07 bits per heavy atom. The van der Waals surface area contributed by atoms with Gasteiger partial charge in [0.1, 0.15) is 5.76 Å². The van der Waals surface area contributed by atoms with E-state index in [4.69, 9.17) is 9.15 Å². The van der Waals surface area contributed by atoms with E-state index in [0.717, 1.165) is 5.76 Å². The molecule has 0 radical (unpaired) electrons. The van der Waals surface area contributed by atoms with Gasteiger partial charge in [-0.1, -0.05) is 0 Å². The summed E-state index contributed by atoms with van der Waals surface area (Å²) in [4.78, 5) is 11.3. The summed E-state index contributed by atoms with van der Waals surface area (Å²) in [5.41, 5.74) is 0. The van der Waals surface area contributed by atoms with Crippen molar-refractivity contribution in [1.29, 1.82) is 0 Å². The number of nitrogens with one attached hydrogen (secondary N) is 1. The van der Waals surface area contributed by atoms with Crippen molar-refractivity contribution < 1.29 is 13.9 Å². The van der Waals surface area contributed by atoms with Crippen molar-refractivity contribution in [1.82, 2.24) is 5.32 Å². The van der Waals surface area contributed by atoms with E-state index < -0.39 is 5.97 Å². The molecule has 1 aromatic rings. The zero-order valence-electron chi connectivity index (χ0n) is 8.79. The predicted molar refractivity (Wildman–Crippen MR) is 54.5 cm³/mol. The Labute approximate surface area is 88.6 Å². The third kappa shape index (κ3) is 2.83. The van der Waals surface area contributed by atoms with Gasteiger partial charge in [-0.15, -0.1) is 0 Å². The minimum atomic E-state index is -0.393. The second-order valence-electron chi connectivity index (χ2n) is 3.64. The number of ether oxygens (including phenoxy) is 1. The molecular formula is C11H15NO3. The maximum Gasteiger partial charge on any atom is 0.374 e. The lowest BCUT2D eigenvalue weighted by atomic mass is 10.4. The fourth-order valence-electron chi connectivity index (χ4n) is 1.32. The second kappa shape index (κ2) is 4.49. The Hall–Kier alpha value is -1.29. The molecule has 1 heterocycles. The average Bonchev–Trinajstić information content (AvgIpc) is 2.93. The topological polar surface area (TPSA) is 51.5 Å². The van der Waals surface area contributed by atoms with Crippen molar-refractivity contribution in [3.05, 3.63) is 23.7 Å². The fourth-order valence-corrected chi connectivity index (χ4v) is 1.32. The molecule has 1 aromatic heterocycles. The maximum atomic E-state index is 11.3. The molecule has 2 rings (SSSR count). The fraction of sp³-hybridized carbons (Fsp3) is 0.545. The van der Waals surface area contributed by atoms with Crippen molar-refractivity contribution in [2.75, 3.05) is 6.61 Å². The molecule has 0 aromatic carbocycles. The van der Waals surface area contributed by atoms with E-state index in [0.29, 0.717) is 19.2 Å². The molecule has 0 unspecified atom stereocenters. The Balaban J connectivity index is 1.87. The summed E-state index contributed by atoms with van der Waals surface area (Å²) in [5.74, 6) is 0.671. The second-order valence-corrected chi connectivity index (χ2v) is 3.64. The molecule has 0 aliphatic heterocycles. The molecule has 4 heteroatoms. The highest BCUT2D eigenvalue weighted by Gasteiger charge is 2.21. The molecule has 0 saturated heterocycles. The molecule has 0 atom stereocenters. The molecule has 15 heavy (non-hydrogen) atoms. The van der Waals surface area contributed by atoms with Crippen molar-refractivity contribution in [2.24, 2.45) is 0 Å². The van der Waals surface area contributed by atoms with Crippen molar-refractivity contribution in [3.63, 3.8) is 0 Å². The van der Waals surface area contributed by atoms with Gasteiger partial charge in [0.2, 0.25) is 5.76 Å². The smallest absolute Gasteiger partial charge is 0.374 e. The lowest BCUT2D eigenvalue weighted by Gasteiger charge is -1.99. The first-order chi connectivity index (χ1) is 7.29. The van der Waals surface area contributed by atoms with E-state index in [1.165, 1.54) is 12.8 Å². The molecular weight excluding hydrogens is 194 g/mol. The molecule has 0 bridgehead atoms. The average molecular weight is 209 g/mol. The first-order valence-corrected chi connectivity index (χ1v) is 5.29. The van der Waals surface area contributed by atoms with Crippen molar-refractivity contribution >= 4 is 5.97 Å². The largest absolute Gasteiger partial charge is 0.460 e. The minimum Gasteiger partial charge on any atom is -0.460 e. The van der Waals surface area contributed by atoms with Crippen LogP contribution in [-0.4, -0.2) is 18.6 Å². The Morgan fingerprint density at radius 1 is 1.60 bits per heavy atom. The van der Waals surface area contributed by atoms with Crippen LogP contribution >= 0.6 is 0 Å². The van der Waals surface area contributed by atoms with Gasteiger partial charge in [-0.3, -0.25) is 0 Å². The van der Waals surface area contributed by atoms with Crippen molar-refractivity contribution in [3.8, 4) is 0 Å². The molecule has 1 saturated carbocycles. The summed E-state index contributed by atoms with van der Waals surface area (Å²) in [5, 5.41) is 3.31. The summed E-state index contributed by atoms with van der Waals surface area (Å²) in [7, 11) is 0. The van der Waals surface area contributed by atoms with Crippen LogP contribution in [0, 0.1) is 0 Å². The molecule has 0 amide bonds. The van der Waals surface area contributed by atoms with Gasteiger partial charge in [0, 0.05) is 6.04 Å². The van der Waals surface area contributed by atoms with Gasteiger partial charge in [-0.05, 0) is 31.9 Å². The Morgan fingerprint density at radius 2 is 2.40 bits per heavy atom. The van der Waals surface area contributed by atoms with Crippen LogP contribution in [0.2, 0.25) is 0 Å². The third-order valence-electron chi connectivity index (χ3n) is 2.28. The number of carbonyl (C=O) groups excluding carboxylic acids is 1. The quantitative estimate of drug-likeness (QED) is 0.750. The zero-order valence-corrected chi connectivity index (χ0v) is 8.79. The van der Waals surface area contributed by atoms with Gasteiger partial charge in [-0.25, -0.2) is 4.79 Å². The van der Waals surface area contributed by atoms with E-state index in [9.17, 15) is 4.79 Å². The molecule has 1 N–H and O–H groups in total. The third-order valence-corrected chi connectivity index (χ3v) is 2.28. The molecule has 1 aliphatic carbocycles. The van der Waals surface area contributed by atoms with Crippen LogP contribution in [0.3, 0.4) is 0 Å². The van der Waals surface area contributed by atoms with Crippen LogP contribution in [-0.2, 0) is 11.3 Å². The first-order valence-electron chi connectivity index (χ1n) is 5.29. The Bertz CT molecular complexity index is 341. The lowest BCUT2D eigenvalue weighted by molar-refractivity contribution is 0.0488. The van der Waals surface area contributed by atoms with Gasteiger partial charge in [0.15, 0.2) is 0 Å². The van der Waals surface area contributed by atoms with Gasteiger partial charge in [-0.2, -0.15) is 0 Å². The molecule has 1 fully saturated rings. The highest BCUT2D eigenvalue weighted by molar-refractivity contribution is 5.86. The van der Waals surface area contributed by atoms with E-state index in [-0.39, 0.29) is 5.76 Å². The van der Waals surface area contributed by atoms with Crippen LogP contribution in [0.5, 0.6) is 0 Å². The summed E-state index contributed by atoms with van der Waals surface area (Å²) >= 11 is 0. The van der Waals surface area contributed by atoms with Crippen LogP contribution in [0.4, 0.5) is 0 Å². The van der Waals surface area contributed by atoms with Crippen LogP contribution in [0.25, 0.3) is 0 Å². The number of hydrogen-bond acceptors (Lipinski definition) is 4. The summed E-state index contributed by atoms with van der Waals surface area (Å²) < 4.78 is 10.2. The summed E-state index contributed by atoms with van der Waals surface area (Å²) in [6.07, 6.45) is 2.48. The highest BCUT2D eigenvalue weighted by Crippen LogP contribution is 2.19. The Kier molecular flexibility index (Phi) is 3.06.